The summed E-state index contributed by atoms with van der Waals surface area (Å²) in [5.74, 6) is 0.570. The van der Waals surface area contributed by atoms with Crippen LogP contribution in [0.15, 0.2) is 0 Å². The molecule has 1 rings (SSSR count). The number of hydrogen-bond acceptors (Lipinski definition) is 1. The first-order valence-electron chi connectivity index (χ1n) is 3.66. The summed E-state index contributed by atoms with van der Waals surface area (Å²) in [5.41, 5.74) is 0. The summed E-state index contributed by atoms with van der Waals surface area (Å²) < 4.78 is 5.40. The van der Waals surface area contributed by atoms with Gasteiger partial charge in [0.2, 0.25) is 0 Å². The van der Waals surface area contributed by atoms with E-state index in [4.69, 9.17) is 27.9 Å². The topological polar surface area (TPSA) is 9.23 Å². The maximum atomic E-state index is 5.95. The first-order chi connectivity index (χ1) is 4.84. The smallest absolute Gasteiger partial charge is 0.0739 e. The van der Waals surface area contributed by atoms with Gasteiger partial charge in [0.05, 0.1) is 18.1 Å². The van der Waals surface area contributed by atoms with E-state index in [9.17, 15) is 0 Å². The monoisotopic (exact) mass is 182 g/mol. The van der Waals surface area contributed by atoms with Gasteiger partial charge in [-0.15, -0.1) is 23.2 Å². The van der Waals surface area contributed by atoms with Gasteiger partial charge >= 0.3 is 0 Å². The molecule has 0 aromatic carbocycles. The van der Waals surface area contributed by atoms with Gasteiger partial charge in [-0.3, -0.25) is 0 Å². The lowest BCUT2D eigenvalue weighted by atomic mass is 10.3. The normalized spacial score (nSPS) is 33.0. The van der Waals surface area contributed by atoms with E-state index >= 15 is 0 Å². The first-order valence-corrected chi connectivity index (χ1v) is 4.63. The molecule has 0 spiro atoms. The molecule has 60 valence electrons. The van der Waals surface area contributed by atoms with Crippen LogP contribution in [0.2, 0.25) is 0 Å². The molecule has 0 aromatic heterocycles. The van der Waals surface area contributed by atoms with Gasteiger partial charge in [0.25, 0.3) is 0 Å². The second kappa shape index (κ2) is 4.42. The molecule has 0 amide bonds. The van der Waals surface area contributed by atoms with Crippen LogP contribution >= 0.6 is 23.2 Å². The van der Waals surface area contributed by atoms with E-state index in [1.54, 1.807) is 0 Å². The number of rotatable bonds is 3. The molecule has 1 aliphatic carbocycles. The maximum Gasteiger partial charge on any atom is 0.0739 e. The third kappa shape index (κ3) is 2.30. The second-order valence-corrected chi connectivity index (χ2v) is 3.48. The minimum absolute atomic E-state index is 0.225. The van der Waals surface area contributed by atoms with Gasteiger partial charge in [0.1, 0.15) is 0 Å². The summed E-state index contributed by atoms with van der Waals surface area (Å²) >= 11 is 11.4. The third-order valence-corrected chi connectivity index (χ3v) is 2.43. The molecule has 3 heteroatoms. The van der Waals surface area contributed by atoms with Gasteiger partial charge in [0, 0.05) is 5.88 Å². The summed E-state index contributed by atoms with van der Waals surface area (Å²) in [4.78, 5) is 0. The van der Waals surface area contributed by atoms with Crippen molar-refractivity contribution in [2.45, 2.75) is 30.7 Å². The zero-order valence-corrected chi connectivity index (χ0v) is 7.37. The van der Waals surface area contributed by atoms with Crippen LogP contribution in [0, 0.1) is 0 Å². The van der Waals surface area contributed by atoms with Gasteiger partial charge in [-0.05, 0) is 19.3 Å². The summed E-state index contributed by atoms with van der Waals surface area (Å²) in [5, 5.41) is 0.225. The zero-order valence-electron chi connectivity index (χ0n) is 5.85. The fraction of sp³-hybridized carbons (Fsp3) is 1.00. The van der Waals surface area contributed by atoms with Crippen LogP contribution in [0.1, 0.15) is 19.3 Å². The third-order valence-electron chi connectivity index (χ3n) is 1.78. The molecule has 1 fully saturated rings. The summed E-state index contributed by atoms with van der Waals surface area (Å²) in [6.07, 6.45) is 3.65. The van der Waals surface area contributed by atoms with E-state index < -0.39 is 0 Å². The van der Waals surface area contributed by atoms with Crippen molar-refractivity contribution >= 4 is 23.2 Å². The quantitative estimate of drug-likeness (QED) is 0.610. The van der Waals surface area contributed by atoms with E-state index in [-0.39, 0.29) is 11.5 Å². The highest BCUT2D eigenvalue weighted by atomic mass is 35.5. The fourth-order valence-electron chi connectivity index (χ4n) is 1.26. The van der Waals surface area contributed by atoms with E-state index in [0.29, 0.717) is 12.5 Å². The molecule has 0 bridgehead atoms. The van der Waals surface area contributed by atoms with Crippen molar-refractivity contribution in [3.05, 3.63) is 0 Å². The highest BCUT2D eigenvalue weighted by molar-refractivity contribution is 6.21. The molecular weight excluding hydrogens is 171 g/mol. The minimum atomic E-state index is 0.225. The number of hydrogen-bond donors (Lipinski definition) is 0. The lowest BCUT2D eigenvalue weighted by Gasteiger charge is -2.13. The Morgan fingerprint density at radius 2 is 2.20 bits per heavy atom. The Balaban J connectivity index is 2.14. The van der Waals surface area contributed by atoms with Crippen LogP contribution in [-0.4, -0.2) is 24.0 Å². The van der Waals surface area contributed by atoms with Crippen LogP contribution in [0.3, 0.4) is 0 Å². The Bertz CT molecular complexity index is 97.6. The Labute approximate surface area is 71.6 Å². The Kier molecular flexibility index (Phi) is 3.82. The van der Waals surface area contributed by atoms with Gasteiger partial charge in [-0.2, -0.15) is 0 Å². The van der Waals surface area contributed by atoms with Crippen molar-refractivity contribution in [3.8, 4) is 0 Å². The molecule has 0 aliphatic heterocycles. The largest absolute Gasteiger partial charge is 0.375 e. The molecule has 2 unspecified atom stereocenters. The van der Waals surface area contributed by atoms with Crippen molar-refractivity contribution in [2.75, 3.05) is 12.5 Å². The molecule has 0 N–H and O–H groups in total. The Morgan fingerprint density at radius 1 is 1.40 bits per heavy atom. The fourth-order valence-corrected chi connectivity index (χ4v) is 1.71. The van der Waals surface area contributed by atoms with E-state index in [1.807, 2.05) is 0 Å². The molecule has 2 atom stereocenters. The van der Waals surface area contributed by atoms with Gasteiger partial charge in [0.15, 0.2) is 0 Å². The van der Waals surface area contributed by atoms with Crippen molar-refractivity contribution in [3.63, 3.8) is 0 Å². The number of halogens is 2. The van der Waals surface area contributed by atoms with Crippen molar-refractivity contribution in [1.82, 2.24) is 0 Å². The standard InChI is InChI=1S/C7H12Cl2O/c8-4-5-10-7-3-1-2-6(7)9/h6-7H,1-5H2. The summed E-state index contributed by atoms with van der Waals surface area (Å²) in [7, 11) is 0. The molecule has 0 heterocycles. The van der Waals surface area contributed by atoms with Gasteiger partial charge in [-0.25, -0.2) is 0 Å². The van der Waals surface area contributed by atoms with E-state index in [1.165, 1.54) is 6.42 Å². The van der Waals surface area contributed by atoms with Crippen LogP contribution in [-0.2, 0) is 4.74 Å². The van der Waals surface area contributed by atoms with Crippen molar-refractivity contribution < 1.29 is 4.74 Å². The van der Waals surface area contributed by atoms with Crippen LogP contribution < -0.4 is 0 Å². The minimum Gasteiger partial charge on any atom is -0.375 e. The highest BCUT2D eigenvalue weighted by Gasteiger charge is 2.25. The second-order valence-electron chi connectivity index (χ2n) is 2.55. The van der Waals surface area contributed by atoms with Crippen LogP contribution in [0.5, 0.6) is 0 Å². The predicted octanol–water partition coefficient (Wildman–Crippen LogP) is 2.40. The van der Waals surface area contributed by atoms with Gasteiger partial charge < -0.3 is 4.74 Å². The maximum absolute atomic E-state index is 5.95. The average Bonchev–Trinajstić information content (AvgIpc) is 2.31. The SMILES string of the molecule is ClCCOC1CCCC1Cl. The molecular formula is C7H12Cl2O. The molecule has 1 saturated carbocycles. The molecule has 10 heavy (non-hydrogen) atoms. The average molecular weight is 183 g/mol. The summed E-state index contributed by atoms with van der Waals surface area (Å²) in [6.45, 7) is 0.634. The lowest BCUT2D eigenvalue weighted by Crippen LogP contribution is -2.19. The van der Waals surface area contributed by atoms with Crippen LogP contribution in [0.25, 0.3) is 0 Å². The van der Waals surface area contributed by atoms with Gasteiger partial charge in [-0.1, -0.05) is 0 Å². The molecule has 0 radical (unpaired) electrons. The zero-order chi connectivity index (χ0) is 7.40. The number of ether oxygens (including phenoxy) is 1. The first kappa shape index (κ1) is 8.63. The molecule has 0 saturated heterocycles. The Hall–Kier alpha value is 0.540. The summed E-state index contributed by atoms with van der Waals surface area (Å²) in [6, 6.07) is 0. The predicted molar refractivity (Wildman–Crippen MR) is 44.0 cm³/mol. The Morgan fingerprint density at radius 3 is 2.70 bits per heavy atom. The number of alkyl halides is 2. The molecule has 0 aromatic rings. The highest BCUT2D eigenvalue weighted by Crippen LogP contribution is 2.26. The van der Waals surface area contributed by atoms with E-state index in [2.05, 4.69) is 0 Å². The molecule has 1 aliphatic rings. The van der Waals surface area contributed by atoms with Crippen LogP contribution in [0.4, 0.5) is 0 Å². The van der Waals surface area contributed by atoms with Crippen molar-refractivity contribution in [1.29, 1.82) is 0 Å². The molecule has 1 nitrogen and oxygen atoms in total. The van der Waals surface area contributed by atoms with Crippen molar-refractivity contribution in [2.24, 2.45) is 0 Å². The lowest BCUT2D eigenvalue weighted by molar-refractivity contribution is 0.0721. The van der Waals surface area contributed by atoms with E-state index in [0.717, 1.165) is 12.8 Å².